The summed E-state index contributed by atoms with van der Waals surface area (Å²) in [5.41, 5.74) is 1.12. The van der Waals surface area contributed by atoms with Crippen LogP contribution in [0.4, 0.5) is 0 Å². The molecule has 3 rings (SSSR count). The molecule has 0 spiro atoms. The summed E-state index contributed by atoms with van der Waals surface area (Å²) in [7, 11) is 0. The number of likely N-dealkylation sites (tertiary alicyclic amines) is 1. The zero-order valence-electron chi connectivity index (χ0n) is 16.6. The number of benzene rings is 1. The van der Waals surface area contributed by atoms with Crippen molar-refractivity contribution < 1.29 is 19.7 Å². The van der Waals surface area contributed by atoms with Gasteiger partial charge in [-0.15, -0.1) is 0 Å². The van der Waals surface area contributed by atoms with E-state index in [0.29, 0.717) is 6.54 Å². The Balaban J connectivity index is 1.44. The van der Waals surface area contributed by atoms with Crippen LogP contribution in [0, 0.1) is 0 Å². The molecule has 1 atom stereocenters. The van der Waals surface area contributed by atoms with E-state index in [1.54, 1.807) is 0 Å². The molecule has 1 aromatic carbocycles. The van der Waals surface area contributed by atoms with Gasteiger partial charge < -0.3 is 24.6 Å². The quantitative estimate of drug-likeness (QED) is 0.750. The number of β-amino-alcohol motifs (C(OH)–C–C–N with tert-alkyl or cyclic N) is 1. The fraction of sp³-hybridized carbons (Fsp3) is 0.714. The van der Waals surface area contributed by atoms with Gasteiger partial charge in [0.05, 0.1) is 18.3 Å². The van der Waals surface area contributed by atoms with E-state index in [1.807, 2.05) is 12.1 Å². The van der Waals surface area contributed by atoms with Crippen LogP contribution in [0.25, 0.3) is 0 Å². The molecule has 1 unspecified atom stereocenters. The van der Waals surface area contributed by atoms with Crippen LogP contribution < -0.4 is 4.74 Å². The van der Waals surface area contributed by atoms with Crippen molar-refractivity contribution in [1.29, 1.82) is 0 Å². The van der Waals surface area contributed by atoms with Crippen LogP contribution in [0.1, 0.15) is 32.3 Å². The molecular formula is C21H34N2O4. The lowest BCUT2D eigenvalue weighted by molar-refractivity contribution is -0.0882. The molecule has 6 heteroatoms. The molecule has 0 saturated carbocycles. The maximum absolute atomic E-state index is 10.3. The highest BCUT2D eigenvalue weighted by molar-refractivity contribution is 5.28. The summed E-state index contributed by atoms with van der Waals surface area (Å²) >= 11 is 0. The molecule has 2 aliphatic rings. The van der Waals surface area contributed by atoms with Crippen molar-refractivity contribution in [2.24, 2.45) is 0 Å². The molecule has 0 bridgehead atoms. The molecule has 2 saturated heterocycles. The van der Waals surface area contributed by atoms with E-state index in [1.165, 1.54) is 5.56 Å². The third-order valence-electron chi connectivity index (χ3n) is 5.28. The smallest absolute Gasteiger partial charge is 0.119 e. The Hall–Kier alpha value is -1.18. The number of hydrogen-bond acceptors (Lipinski definition) is 6. The van der Waals surface area contributed by atoms with Gasteiger partial charge in [0.2, 0.25) is 0 Å². The zero-order valence-corrected chi connectivity index (χ0v) is 16.6. The Morgan fingerprint density at radius 1 is 1.22 bits per heavy atom. The molecule has 0 aliphatic carbocycles. The van der Waals surface area contributed by atoms with Crippen molar-refractivity contribution >= 4 is 0 Å². The summed E-state index contributed by atoms with van der Waals surface area (Å²) < 4.78 is 11.6. The molecule has 27 heavy (non-hydrogen) atoms. The Labute approximate surface area is 162 Å². The maximum Gasteiger partial charge on any atom is 0.119 e. The summed E-state index contributed by atoms with van der Waals surface area (Å²) in [4.78, 5) is 4.60. The van der Waals surface area contributed by atoms with Crippen LogP contribution in [-0.4, -0.2) is 83.8 Å². The fourth-order valence-electron chi connectivity index (χ4n) is 3.89. The van der Waals surface area contributed by atoms with Crippen LogP contribution in [0.15, 0.2) is 24.3 Å². The molecule has 0 radical (unpaired) electrons. The molecule has 2 N–H and O–H groups in total. The number of nitrogens with zero attached hydrogens (tertiary/aromatic N) is 2. The number of ether oxygens (including phenoxy) is 2. The van der Waals surface area contributed by atoms with Gasteiger partial charge in [-0.3, -0.25) is 4.90 Å². The average molecular weight is 379 g/mol. The Morgan fingerprint density at radius 3 is 2.74 bits per heavy atom. The lowest BCUT2D eigenvalue weighted by atomic mass is 10.1. The van der Waals surface area contributed by atoms with E-state index in [0.717, 1.165) is 57.9 Å². The second-order valence-electron chi connectivity index (χ2n) is 8.46. The number of morpholine rings is 1. The summed E-state index contributed by atoms with van der Waals surface area (Å²) in [5, 5.41) is 19.8. The number of rotatable bonds is 7. The first-order valence-corrected chi connectivity index (χ1v) is 10.1. The molecular weight excluding hydrogens is 344 g/mol. The molecule has 0 amide bonds. The van der Waals surface area contributed by atoms with Crippen molar-refractivity contribution in [2.45, 2.75) is 51.0 Å². The summed E-state index contributed by atoms with van der Waals surface area (Å²) in [6.07, 6.45) is 0.862. The molecule has 0 aromatic heterocycles. The normalized spacial score (nSPS) is 23.3. The van der Waals surface area contributed by atoms with Crippen LogP contribution in [0.2, 0.25) is 0 Å². The van der Waals surface area contributed by atoms with Crippen molar-refractivity contribution in [3.63, 3.8) is 0 Å². The van der Waals surface area contributed by atoms with E-state index in [-0.39, 0.29) is 18.3 Å². The topological polar surface area (TPSA) is 65.4 Å². The van der Waals surface area contributed by atoms with E-state index in [9.17, 15) is 10.2 Å². The minimum absolute atomic E-state index is 0.0963. The average Bonchev–Trinajstić information content (AvgIpc) is 2.61. The SMILES string of the molecule is CC1(C)CN(Cc2cccc(OCC(O)CN3CCC(O)CC3)c2)CCO1. The third-order valence-corrected chi connectivity index (χ3v) is 5.28. The van der Waals surface area contributed by atoms with Crippen molar-refractivity contribution in [3.8, 4) is 5.75 Å². The highest BCUT2D eigenvalue weighted by Gasteiger charge is 2.27. The van der Waals surface area contributed by atoms with E-state index < -0.39 is 6.10 Å². The van der Waals surface area contributed by atoms with Gasteiger partial charge >= 0.3 is 0 Å². The molecule has 2 heterocycles. The van der Waals surface area contributed by atoms with Crippen molar-refractivity contribution in [2.75, 3.05) is 45.9 Å². The van der Waals surface area contributed by atoms with Crippen molar-refractivity contribution in [1.82, 2.24) is 9.80 Å². The second-order valence-corrected chi connectivity index (χ2v) is 8.46. The molecule has 2 aliphatic heterocycles. The minimum atomic E-state index is -0.524. The third kappa shape index (κ3) is 6.73. The number of hydrogen-bond donors (Lipinski definition) is 2. The van der Waals surface area contributed by atoms with Gasteiger partial charge in [-0.05, 0) is 44.4 Å². The monoisotopic (exact) mass is 378 g/mol. The predicted octanol–water partition coefficient (Wildman–Crippen LogP) is 1.49. The molecule has 1 aromatic rings. The minimum Gasteiger partial charge on any atom is -0.491 e. The van der Waals surface area contributed by atoms with Crippen LogP contribution in [-0.2, 0) is 11.3 Å². The van der Waals surface area contributed by atoms with E-state index in [2.05, 4.69) is 35.8 Å². The second kappa shape index (κ2) is 9.34. The van der Waals surface area contributed by atoms with Crippen molar-refractivity contribution in [3.05, 3.63) is 29.8 Å². The van der Waals surface area contributed by atoms with Gasteiger partial charge in [0.1, 0.15) is 18.5 Å². The first kappa shape index (κ1) is 20.6. The lowest BCUT2D eigenvalue weighted by Crippen LogP contribution is -2.47. The summed E-state index contributed by atoms with van der Waals surface area (Å²) in [6.45, 7) is 10.3. The number of aliphatic hydroxyl groups excluding tert-OH is 2. The van der Waals surface area contributed by atoms with Gasteiger partial charge in [0, 0.05) is 39.3 Å². The Morgan fingerprint density at radius 2 is 2.00 bits per heavy atom. The fourth-order valence-corrected chi connectivity index (χ4v) is 3.89. The van der Waals surface area contributed by atoms with E-state index in [4.69, 9.17) is 9.47 Å². The standard InChI is InChI=1S/C21H34N2O4/c1-21(2)16-23(10-11-27-21)13-17-4-3-5-20(12-17)26-15-19(25)14-22-8-6-18(24)7-9-22/h3-5,12,18-19,24-25H,6-11,13-16H2,1-2H3. The van der Waals surface area contributed by atoms with Crippen LogP contribution in [0.5, 0.6) is 5.75 Å². The first-order chi connectivity index (χ1) is 12.9. The van der Waals surface area contributed by atoms with Gasteiger partial charge in [0.25, 0.3) is 0 Å². The highest BCUT2D eigenvalue weighted by Crippen LogP contribution is 2.20. The first-order valence-electron chi connectivity index (χ1n) is 10.1. The lowest BCUT2D eigenvalue weighted by Gasteiger charge is -2.38. The molecule has 152 valence electrons. The van der Waals surface area contributed by atoms with Gasteiger partial charge in [-0.1, -0.05) is 12.1 Å². The van der Waals surface area contributed by atoms with Gasteiger partial charge in [0.15, 0.2) is 0 Å². The zero-order chi connectivity index (χ0) is 19.3. The van der Waals surface area contributed by atoms with Gasteiger partial charge in [-0.2, -0.15) is 0 Å². The molecule has 2 fully saturated rings. The maximum atomic E-state index is 10.3. The van der Waals surface area contributed by atoms with Gasteiger partial charge in [-0.25, -0.2) is 0 Å². The summed E-state index contributed by atoms with van der Waals surface area (Å²) in [6, 6.07) is 8.13. The van der Waals surface area contributed by atoms with Crippen LogP contribution >= 0.6 is 0 Å². The van der Waals surface area contributed by atoms with Crippen LogP contribution in [0.3, 0.4) is 0 Å². The number of piperidine rings is 1. The highest BCUT2D eigenvalue weighted by atomic mass is 16.5. The Bertz CT molecular complexity index is 587. The largest absolute Gasteiger partial charge is 0.491 e. The Kier molecular flexibility index (Phi) is 7.11. The predicted molar refractivity (Wildman–Crippen MR) is 105 cm³/mol. The van der Waals surface area contributed by atoms with E-state index >= 15 is 0 Å². The molecule has 6 nitrogen and oxygen atoms in total. The number of aliphatic hydroxyl groups is 2. The summed E-state index contributed by atoms with van der Waals surface area (Å²) in [5.74, 6) is 0.799.